The zero-order valence-electron chi connectivity index (χ0n) is 7.69. The fourth-order valence-electron chi connectivity index (χ4n) is 1.07. The van der Waals surface area contributed by atoms with Crippen LogP contribution in [-0.2, 0) is 6.54 Å². The maximum absolute atomic E-state index is 11.8. The zero-order chi connectivity index (χ0) is 10.4. The molecule has 0 unspecified atom stereocenters. The van der Waals surface area contributed by atoms with Crippen molar-refractivity contribution in [2.24, 2.45) is 0 Å². The number of hydrogen-bond acceptors (Lipinski definition) is 1. The van der Waals surface area contributed by atoms with Gasteiger partial charge in [0.25, 0.3) is 0 Å². The molecule has 78 valence electrons. The minimum Gasteiger partial charge on any atom is -0.313 e. The summed E-state index contributed by atoms with van der Waals surface area (Å²) in [4.78, 5) is 0. The van der Waals surface area contributed by atoms with E-state index < -0.39 is 0 Å². The van der Waals surface area contributed by atoms with Crippen LogP contribution in [0.25, 0.3) is 0 Å². The maximum Gasteiger partial charge on any atom is 0.0906 e. The van der Waals surface area contributed by atoms with E-state index in [1.54, 1.807) is 6.07 Å². The Morgan fingerprint density at radius 2 is 2.00 bits per heavy atom. The predicted octanol–water partition coefficient (Wildman–Crippen LogP) is 3.44. The van der Waals surface area contributed by atoms with Crippen LogP contribution in [0.2, 0.25) is 10.0 Å². The van der Waals surface area contributed by atoms with Crippen molar-refractivity contribution in [3.05, 3.63) is 33.8 Å². The van der Waals surface area contributed by atoms with Crippen LogP contribution in [0, 0.1) is 0 Å². The standard InChI is InChI=1S/C10H12Cl2FN/c11-9-3-2-8(6-10(9)12)7-14-5-1-4-13/h2-3,6,14H,1,4-5,7H2. The molecule has 0 spiro atoms. The number of alkyl halides is 1. The SMILES string of the molecule is FCCCNCc1ccc(Cl)c(Cl)c1. The first-order valence-corrected chi connectivity index (χ1v) is 5.20. The number of nitrogens with one attached hydrogen (secondary N) is 1. The van der Waals surface area contributed by atoms with Gasteiger partial charge in [0.05, 0.1) is 16.7 Å². The topological polar surface area (TPSA) is 12.0 Å². The van der Waals surface area contributed by atoms with Crippen molar-refractivity contribution in [2.45, 2.75) is 13.0 Å². The van der Waals surface area contributed by atoms with Gasteiger partial charge >= 0.3 is 0 Å². The molecule has 0 aliphatic heterocycles. The van der Waals surface area contributed by atoms with Crippen LogP contribution in [0.3, 0.4) is 0 Å². The Labute approximate surface area is 93.2 Å². The second kappa shape index (κ2) is 6.23. The van der Waals surface area contributed by atoms with E-state index >= 15 is 0 Å². The average Bonchev–Trinajstić information content (AvgIpc) is 2.18. The first-order chi connectivity index (χ1) is 6.74. The Kier molecular flexibility index (Phi) is 5.23. The minimum absolute atomic E-state index is 0.283. The van der Waals surface area contributed by atoms with Crippen LogP contribution in [0.1, 0.15) is 12.0 Å². The third kappa shape index (κ3) is 3.82. The first-order valence-electron chi connectivity index (χ1n) is 4.44. The molecule has 0 saturated carbocycles. The van der Waals surface area contributed by atoms with Gasteiger partial charge in [-0.05, 0) is 30.7 Å². The molecule has 0 aromatic heterocycles. The van der Waals surface area contributed by atoms with Crippen LogP contribution in [0.15, 0.2) is 18.2 Å². The fourth-order valence-corrected chi connectivity index (χ4v) is 1.39. The lowest BCUT2D eigenvalue weighted by atomic mass is 10.2. The second-order valence-electron chi connectivity index (χ2n) is 2.97. The van der Waals surface area contributed by atoms with Gasteiger partial charge in [-0.25, -0.2) is 0 Å². The van der Waals surface area contributed by atoms with E-state index in [-0.39, 0.29) is 6.67 Å². The molecule has 14 heavy (non-hydrogen) atoms. The highest BCUT2D eigenvalue weighted by Crippen LogP contribution is 2.22. The van der Waals surface area contributed by atoms with Crippen molar-refractivity contribution in [3.63, 3.8) is 0 Å². The van der Waals surface area contributed by atoms with Crippen molar-refractivity contribution >= 4 is 23.2 Å². The van der Waals surface area contributed by atoms with E-state index in [1.807, 2.05) is 12.1 Å². The molecular formula is C10H12Cl2FN. The van der Waals surface area contributed by atoms with Crippen molar-refractivity contribution in [3.8, 4) is 0 Å². The molecule has 0 saturated heterocycles. The first kappa shape index (κ1) is 11.8. The summed E-state index contributed by atoms with van der Waals surface area (Å²) in [7, 11) is 0. The number of rotatable bonds is 5. The third-order valence-electron chi connectivity index (χ3n) is 1.80. The van der Waals surface area contributed by atoms with Crippen molar-refractivity contribution in [2.75, 3.05) is 13.2 Å². The fraction of sp³-hybridized carbons (Fsp3) is 0.400. The molecule has 1 N–H and O–H groups in total. The Morgan fingerprint density at radius 3 is 2.64 bits per heavy atom. The van der Waals surface area contributed by atoms with Gasteiger partial charge < -0.3 is 5.32 Å². The molecular weight excluding hydrogens is 224 g/mol. The van der Waals surface area contributed by atoms with E-state index in [2.05, 4.69) is 5.32 Å². The van der Waals surface area contributed by atoms with Crippen LogP contribution in [0.5, 0.6) is 0 Å². The Bertz CT molecular complexity index is 291. The highest BCUT2D eigenvalue weighted by Gasteiger charge is 1.98. The van der Waals surface area contributed by atoms with E-state index in [1.165, 1.54) is 0 Å². The van der Waals surface area contributed by atoms with Gasteiger partial charge in [-0.15, -0.1) is 0 Å². The minimum atomic E-state index is -0.283. The monoisotopic (exact) mass is 235 g/mol. The molecule has 0 heterocycles. The third-order valence-corrected chi connectivity index (χ3v) is 2.54. The van der Waals surface area contributed by atoms with E-state index in [0.29, 0.717) is 29.6 Å². The number of halogens is 3. The lowest BCUT2D eigenvalue weighted by Crippen LogP contribution is -2.14. The number of benzene rings is 1. The van der Waals surface area contributed by atoms with Gasteiger partial charge in [0.2, 0.25) is 0 Å². The normalized spacial score (nSPS) is 10.5. The average molecular weight is 236 g/mol. The Hall–Kier alpha value is -0.310. The van der Waals surface area contributed by atoms with Gasteiger partial charge in [0, 0.05) is 6.54 Å². The quantitative estimate of drug-likeness (QED) is 0.772. The van der Waals surface area contributed by atoms with Gasteiger partial charge in [-0.2, -0.15) is 0 Å². The van der Waals surface area contributed by atoms with Crippen molar-refractivity contribution in [1.29, 1.82) is 0 Å². The van der Waals surface area contributed by atoms with E-state index in [4.69, 9.17) is 23.2 Å². The molecule has 0 amide bonds. The summed E-state index contributed by atoms with van der Waals surface area (Å²) in [6.45, 7) is 1.09. The maximum atomic E-state index is 11.8. The summed E-state index contributed by atoms with van der Waals surface area (Å²) >= 11 is 11.6. The van der Waals surface area contributed by atoms with Crippen LogP contribution in [-0.4, -0.2) is 13.2 Å². The van der Waals surface area contributed by atoms with Crippen molar-refractivity contribution in [1.82, 2.24) is 5.32 Å². The van der Waals surface area contributed by atoms with Gasteiger partial charge in [0.1, 0.15) is 0 Å². The summed E-state index contributed by atoms with van der Waals surface area (Å²) in [5, 5.41) is 4.21. The van der Waals surface area contributed by atoms with Crippen molar-refractivity contribution < 1.29 is 4.39 Å². The molecule has 1 aromatic carbocycles. The number of hydrogen-bond donors (Lipinski definition) is 1. The largest absolute Gasteiger partial charge is 0.313 e. The summed E-state index contributed by atoms with van der Waals surface area (Å²) in [6, 6.07) is 5.47. The highest BCUT2D eigenvalue weighted by atomic mass is 35.5. The molecule has 0 aliphatic rings. The van der Waals surface area contributed by atoms with Crippen LogP contribution < -0.4 is 5.32 Å². The van der Waals surface area contributed by atoms with Gasteiger partial charge in [0.15, 0.2) is 0 Å². The summed E-state index contributed by atoms with van der Waals surface area (Å²) in [5.41, 5.74) is 1.05. The van der Waals surface area contributed by atoms with Gasteiger partial charge in [-0.3, -0.25) is 4.39 Å². The van der Waals surface area contributed by atoms with E-state index in [9.17, 15) is 4.39 Å². The molecule has 0 atom stereocenters. The van der Waals surface area contributed by atoms with Crippen LogP contribution in [0.4, 0.5) is 4.39 Å². The highest BCUT2D eigenvalue weighted by molar-refractivity contribution is 6.41. The lowest BCUT2D eigenvalue weighted by molar-refractivity contribution is 0.459. The lowest BCUT2D eigenvalue weighted by Gasteiger charge is -2.04. The van der Waals surface area contributed by atoms with Gasteiger partial charge in [-0.1, -0.05) is 29.3 Å². The molecule has 1 aromatic rings. The Morgan fingerprint density at radius 1 is 1.21 bits per heavy atom. The molecule has 4 heteroatoms. The summed E-state index contributed by atoms with van der Waals surface area (Å²) < 4.78 is 11.8. The summed E-state index contributed by atoms with van der Waals surface area (Å²) in [5.74, 6) is 0. The molecule has 0 fully saturated rings. The summed E-state index contributed by atoms with van der Waals surface area (Å²) in [6.07, 6.45) is 0.543. The van der Waals surface area contributed by atoms with E-state index in [0.717, 1.165) is 5.56 Å². The van der Waals surface area contributed by atoms with Crippen LogP contribution >= 0.6 is 23.2 Å². The smallest absolute Gasteiger partial charge is 0.0906 e. The molecule has 0 radical (unpaired) electrons. The molecule has 0 aliphatic carbocycles. The molecule has 0 bridgehead atoms. The zero-order valence-corrected chi connectivity index (χ0v) is 9.21. The second-order valence-corrected chi connectivity index (χ2v) is 3.78. The predicted molar refractivity (Wildman–Crippen MR) is 58.8 cm³/mol. The Balaban J connectivity index is 2.39. The molecule has 1 rings (SSSR count). The molecule has 1 nitrogen and oxygen atoms in total.